The number of carbonyl (C=O) groups is 1. The lowest BCUT2D eigenvalue weighted by Crippen LogP contribution is -2.50. The van der Waals surface area contributed by atoms with E-state index in [1.807, 2.05) is 9.58 Å². The Morgan fingerprint density at radius 2 is 1.92 bits per heavy atom. The van der Waals surface area contributed by atoms with Crippen molar-refractivity contribution in [1.82, 2.24) is 30.0 Å². The number of aromatic nitrogens is 4. The molecule has 1 saturated carbocycles. The van der Waals surface area contributed by atoms with Gasteiger partial charge in [0, 0.05) is 33.3 Å². The first kappa shape index (κ1) is 17.3. The zero-order valence-corrected chi connectivity index (χ0v) is 14.7. The van der Waals surface area contributed by atoms with Crippen LogP contribution in [0.25, 0.3) is 0 Å². The summed E-state index contributed by atoms with van der Waals surface area (Å²) in [5.41, 5.74) is 0. The van der Waals surface area contributed by atoms with E-state index in [2.05, 4.69) is 27.3 Å². The predicted octanol–water partition coefficient (Wildman–Crippen LogP) is 1.03. The van der Waals surface area contributed by atoms with E-state index >= 15 is 0 Å². The van der Waals surface area contributed by atoms with Crippen LogP contribution < -0.4 is 0 Å². The summed E-state index contributed by atoms with van der Waals surface area (Å²) in [7, 11) is 1.56. The fourth-order valence-electron chi connectivity index (χ4n) is 3.80. The maximum atomic E-state index is 11.9. The molecule has 2 fully saturated rings. The molecule has 1 amide bonds. The van der Waals surface area contributed by atoms with E-state index in [0.717, 1.165) is 32.0 Å². The van der Waals surface area contributed by atoms with Crippen molar-refractivity contribution < 1.29 is 9.53 Å². The fraction of sp³-hybridized carbons (Fsp3) is 0.875. The minimum absolute atomic E-state index is 0.0665. The molecule has 1 aromatic heterocycles. The molecule has 0 spiro atoms. The van der Waals surface area contributed by atoms with E-state index in [4.69, 9.17) is 4.74 Å². The average Bonchev–Trinajstić information content (AvgIpc) is 3.12. The second kappa shape index (κ2) is 8.02. The zero-order chi connectivity index (χ0) is 16.9. The molecule has 0 N–H and O–H groups in total. The number of hydrogen-bond donors (Lipinski definition) is 0. The van der Waals surface area contributed by atoms with Crippen molar-refractivity contribution in [3.8, 4) is 0 Å². The number of carbonyl (C=O) groups excluding carboxylic acids is 1. The molecule has 2 aliphatic rings. The van der Waals surface area contributed by atoms with E-state index in [1.165, 1.54) is 32.1 Å². The molecule has 3 rings (SSSR count). The maximum absolute atomic E-state index is 11.9. The van der Waals surface area contributed by atoms with Crippen LogP contribution in [-0.4, -0.2) is 75.8 Å². The number of methoxy groups -OCH3 is 1. The molecule has 2 heterocycles. The molecule has 1 saturated heterocycles. The van der Waals surface area contributed by atoms with Crippen LogP contribution in [0.1, 0.15) is 56.9 Å². The molecule has 0 bridgehead atoms. The number of ether oxygens (including phenoxy) is 1. The van der Waals surface area contributed by atoms with Crippen LogP contribution in [0.15, 0.2) is 0 Å². The van der Waals surface area contributed by atoms with E-state index in [9.17, 15) is 4.79 Å². The number of piperazine rings is 1. The van der Waals surface area contributed by atoms with Crippen molar-refractivity contribution in [3.05, 3.63) is 5.82 Å². The molecule has 1 atom stereocenters. The lowest BCUT2D eigenvalue weighted by atomic mass is 9.95. The average molecular weight is 336 g/mol. The standard InChI is InChI=1S/C16H28N6O2/c1-13(20-8-10-21(11-9-20)15(23)12-24-2)16-17-18-19-22(16)14-6-4-3-5-7-14/h13-14H,3-12H2,1-2H3. The fourth-order valence-corrected chi connectivity index (χ4v) is 3.80. The Kier molecular flexibility index (Phi) is 5.78. The number of nitrogens with zero attached hydrogens (tertiary/aromatic N) is 6. The maximum Gasteiger partial charge on any atom is 0.248 e. The van der Waals surface area contributed by atoms with Gasteiger partial charge in [0.05, 0.1) is 12.1 Å². The van der Waals surface area contributed by atoms with Crippen molar-refractivity contribution in [3.63, 3.8) is 0 Å². The van der Waals surface area contributed by atoms with Gasteiger partial charge in [0.2, 0.25) is 5.91 Å². The van der Waals surface area contributed by atoms with Crippen LogP contribution in [0, 0.1) is 0 Å². The summed E-state index contributed by atoms with van der Waals surface area (Å²) >= 11 is 0. The van der Waals surface area contributed by atoms with Gasteiger partial charge in [-0.1, -0.05) is 19.3 Å². The van der Waals surface area contributed by atoms with Gasteiger partial charge in [-0.3, -0.25) is 9.69 Å². The van der Waals surface area contributed by atoms with E-state index < -0.39 is 0 Å². The predicted molar refractivity (Wildman–Crippen MR) is 88.4 cm³/mol. The van der Waals surface area contributed by atoms with Gasteiger partial charge < -0.3 is 9.64 Å². The molecular formula is C16H28N6O2. The summed E-state index contributed by atoms with van der Waals surface area (Å²) in [5.74, 6) is 1.02. The third-order valence-electron chi connectivity index (χ3n) is 5.30. The van der Waals surface area contributed by atoms with Gasteiger partial charge in [0.15, 0.2) is 5.82 Å². The van der Waals surface area contributed by atoms with Crippen molar-refractivity contribution >= 4 is 5.91 Å². The molecule has 24 heavy (non-hydrogen) atoms. The minimum atomic E-state index is 0.0665. The van der Waals surface area contributed by atoms with E-state index in [-0.39, 0.29) is 18.6 Å². The van der Waals surface area contributed by atoms with Gasteiger partial charge in [0.25, 0.3) is 0 Å². The van der Waals surface area contributed by atoms with Crippen LogP contribution in [0.2, 0.25) is 0 Å². The SMILES string of the molecule is COCC(=O)N1CCN(C(C)c2nnnn2C2CCCCC2)CC1. The van der Waals surface area contributed by atoms with Crippen molar-refractivity contribution in [2.75, 3.05) is 39.9 Å². The highest BCUT2D eigenvalue weighted by Crippen LogP contribution is 2.30. The monoisotopic (exact) mass is 336 g/mol. The summed E-state index contributed by atoms with van der Waals surface area (Å²) in [6, 6.07) is 0.609. The van der Waals surface area contributed by atoms with Crippen molar-refractivity contribution in [2.24, 2.45) is 0 Å². The zero-order valence-electron chi connectivity index (χ0n) is 14.7. The second-order valence-electron chi connectivity index (χ2n) is 6.80. The van der Waals surface area contributed by atoms with Gasteiger partial charge in [-0.25, -0.2) is 4.68 Å². The van der Waals surface area contributed by atoms with Gasteiger partial charge in [-0.15, -0.1) is 5.10 Å². The number of rotatable bonds is 5. The van der Waals surface area contributed by atoms with Crippen LogP contribution in [0.3, 0.4) is 0 Å². The quantitative estimate of drug-likeness (QED) is 0.799. The number of hydrogen-bond acceptors (Lipinski definition) is 6. The Hall–Kier alpha value is -1.54. The van der Waals surface area contributed by atoms with Crippen molar-refractivity contribution in [1.29, 1.82) is 0 Å². The number of tetrazole rings is 1. The van der Waals surface area contributed by atoms with E-state index in [1.54, 1.807) is 7.11 Å². The Morgan fingerprint density at radius 1 is 1.21 bits per heavy atom. The molecule has 1 aliphatic heterocycles. The highest BCUT2D eigenvalue weighted by atomic mass is 16.5. The third kappa shape index (κ3) is 3.75. The normalized spacial score (nSPS) is 21.8. The lowest BCUT2D eigenvalue weighted by Gasteiger charge is -2.37. The third-order valence-corrected chi connectivity index (χ3v) is 5.30. The van der Waals surface area contributed by atoms with Gasteiger partial charge in [-0.2, -0.15) is 0 Å². The van der Waals surface area contributed by atoms with Crippen LogP contribution in [-0.2, 0) is 9.53 Å². The molecule has 8 nitrogen and oxygen atoms in total. The van der Waals surface area contributed by atoms with Crippen molar-refractivity contribution in [2.45, 2.75) is 51.1 Å². The first-order valence-electron chi connectivity index (χ1n) is 8.99. The van der Waals surface area contributed by atoms with Crippen LogP contribution in [0.5, 0.6) is 0 Å². The summed E-state index contributed by atoms with van der Waals surface area (Å²) in [6.45, 7) is 5.48. The van der Waals surface area contributed by atoms with Gasteiger partial charge >= 0.3 is 0 Å². The highest BCUT2D eigenvalue weighted by molar-refractivity contribution is 5.77. The molecule has 1 unspecified atom stereocenters. The molecule has 1 aliphatic carbocycles. The van der Waals surface area contributed by atoms with Crippen LogP contribution >= 0.6 is 0 Å². The molecule has 1 aromatic rings. The summed E-state index contributed by atoms with van der Waals surface area (Å²) in [4.78, 5) is 16.1. The molecule has 0 aromatic carbocycles. The first-order chi connectivity index (χ1) is 11.7. The van der Waals surface area contributed by atoms with Crippen LogP contribution in [0.4, 0.5) is 0 Å². The first-order valence-corrected chi connectivity index (χ1v) is 8.99. The van der Waals surface area contributed by atoms with Gasteiger partial charge in [-0.05, 0) is 30.2 Å². The second-order valence-corrected chi connectivity index (χ2v) is 6.80. The lowest BCUT2D eigenvalue weighted by molar-refractivity contribution is -0.137. The molecular weight excluding hydrogens is 308 g/mol. The largest absolute Gasteiger partial charge is 0.375 e. The highest BCUT2D eigenvalue weighted by Gasteiger charge is 2.29. The molecule has 8 heteroatoms. The summed E-state index contributed by atoms with van der Waals surface area (Å²) in [5, 5.41) is 12.5. The minimum Gasteiger partial charge on any atom is -0.375 e. The van der Waals surface area contributed by atoms with Gasteiger partial charge in [0.1, 0.15) is 6.61 Å². The Balaban J connectivity index is 1.60. The Morgan fingerprint density at radius 3 is 2.58 bits per heavy atom. The summed E-state index contributed by atoms with van der Waals surface area (Å²) in [6.07, 6.45) is 6.19. The molecule has 134 valence electrons. The summed E-state index contributed by atoms with van der Waals surface area (Å²) < 4.78 is 6.99. The number of amides is 1. The smallest absolute Gasteiger partial charge is 0.248 e. The topological polar surface area (TPSA) is 76.4 Å². The molecule has 0 radical (unpaired) electrons. The van der Waals surface area contributed by atoms with E-state index in [0.29, 0.717) is 6.04 Å². The Bertz CT molecular complexity index is 534. The Labute approximate surface area is 143 Å².